The summed E-state index contributed by atoms with van der Waals surface area (Å²) < 4.78 is 5.65. The van der Waals surface area contributed by atoms with Gasteiger partial charge in [-0.25, -0.2) is 4.98 Å². The van der Waals surface area contributed by atoms with Crippen LogP contribution in [0.1, 0.15) is 25.3 Å². The van der Waals surface area contributed by atoms with Crippen LogP contribution in [0, 0.1) is 0 Å². The molecule has 3 aromatic rings. The van der Waals surface area contributed by atoms with Gasteiger partial charge in [-0.15, -0.1) is 11.3 Å². The second-order valence-electron chi connectivity index (χ2n) is 5.54. The van der Waals surface area contributed by atoms with Crippen LogP contribution in [-0.2, 0) is 0 Å². The molecule has 0 fully saturated rings. The Balaban J connectivity index is 1.54. The van der Waals surface area contributed by atoms with Gasteiger partial charge in [0.1, 0.15) is 5.75 Å². The van der Waals surface area contributed by atoms with Gasteiger partial charge in [-0.1, -0.05) is 43.7 Å². The van der Waals surface area contributed by atoms with Crippen molar-refractivity contribution in [2.75, 3.05) is 12.0 Å². The molecule has 0 saturated heterocycles. The summed E-state index contributed by atoms with van der Waals surface area (Å²) in [5, 5.41) is 7.05. The standard InChI is InChI=1S/C20H21N3OS/c1-2-3-13-24-18-11-9-16(10-12-18)14-21-23-20-22-19(15-25-20)17-7-5-4-6-8-17/h4-12,14-15H,2-3,13H2,1H3,(H,22,23)/b21-14-. The maximum Gasteiger partial charge on any atom is 0.203 e. The van der Waals surface area contributed by atoms with Crippen LogP contribution in [0.25, 0.3) is 11.3 Å². The number of rotatable bonds is 8. The molecule has 0 bridgehead atoms. The van der Waals surface area contributed by atoms with E-state index in [0.717, 1.165) is 47.2 Å². The monoisotopic (exact) mass is 351 g/mol. The van der Waals surface area contributed by atoms with Crippen molar-refractivity contribution in [1.82, 2.24) is 4.98 Å². The number of unbranched alkanes of at least 4 members (excludes halogenated alkanes) is 1. The Kier molecular flexibility index (Phi) is 6.17. The topological polar surface area (TPSA) is 46.5 Å². The summed E-state index contributed by atoms with van der Waals surface area (Å²) in [5.41, 5.74) is 6.06. The highest BCUT2D eigenvalue weighted by Crippen LogP contribution is 2.24. The Hall–Kier alpha value is -2.66. The SMILES string of the molecule is CCCCOc1ccc(/C=N\Nc2nc(-c3ccccc3)cs2)cc1. The van der Waals surface area contributed by atoms with E-state index in [1.54, 1.807) is 6.21 Å². The van der Waals surface area contributed by atoms with Crippen LogP contribution in [0.3, 0.4) is 0 Å². The zero-order valence-corrected chi connectivity index (χ0v) is 15.0. The average Bonchev–Trinajstić information content (AvgIpc) is 3.13. The maximum atomic E-state index is 5.65. The van der Waals surface area contributed by atoms with Gasteiger partial charge >= 0.3 is 0 Å². The normalized spacial score (nSPS) is 10.9. The number of aromatic nitrogens is 1. The highest BCUT2D eigenvalue weighted by molar-refractivity contribution is 7.14. The molecule has 0 aliphatic rings. The van der Waals surface area contributed by atoms with Gasteiger partial charge in [-0.2, -0.15) is 5.10 Å². The number of hydrogen-bond donors (Lipinski definition) is 1. The first kappa shape index (κ1) is 17.2. The third-order valence-electron chi connectivity index (χ3n) is 3.59. The van der Waals surface area contributed by atoms with E-state index < -0.39 is 0 Å². The second kappa shape index (κ2) is 8.99. The van der Waals surface area contributed by atoms with Gasteiger partial charge in [0.2, 0.25) is 5.13 Å². The molecule has 5 heteroatoms. The van der Waals surface area contributed by atoms with Crippen LogP contribution in [0.4, 0.5) is 5.13 Å². The third kappa shape index (κ3) is 5.16. The van der Waals surface area contributed by atoms with E-state index in [9.17, 15) is 0 Å². The van der Waals surface area contributed by atoms with Crippen LogP contribution in [-0.4, -0.2) is 17.8 Å². The van der Waals surface area contributed by atoms with Crippen LogP contribution in [0.2, 0.25) is 0 Å². The molecule has 4 nitrogen and oxygen atoms in total. The largest absolute Gasteiger partial charge is 0.494 e. The second-order valence-corrected chi connectivity index (χ2v) is 6.40. The summed E-state index contributed by atoms with van der Waals surface area (Å²) in [6, 6.07) is 18.0. The smallest absolute Gasteiger partial charge is 0.203 e. The van der Waals surface area contributed by atoms with Gasteiger partial charge < -0.3 is 4.74 Å². The Morgan fingerprint density at radius 1 is 1.12 bits per heavy atom. The van der Waals surface area contributed by atoms with Crippen LogP contribution < -0.4 is 10.2 Å². The number of nitrogens with one attached hydrogen (secondary N) is 1. The molecular weight excluding hydrogens is 330 g/mol. The van der Waals surface area contributed by atoms with E-state index in [2.05, 4.69) is 22.4 Å². The predicted octanol–water partition coefficient (Wildman–Crippen LogP) is 5.44. The van der Waals surface area contributed by atoms with Crippen molar-refractivity contribution in [2.24, 2.45) is 5.10 Å². The van der Waals surface area contributed by atoms with E-state index in [1.165, 1.54) is 11.3 Å². The highest BCUT2D eigenvalue weighted by Gasteiger charge is 2.02. The molecule has 0 aliphatic heterocycles. The molecule has 0 aliphatic carbocycles. The van der Waals surface area contributed by atoms with Gasteiger partial charge in [0.15, 0.2) is 0 Å². The summed E-state index contributed by atoms with van der Waals surface area (Å²) in [6.07, 6.45) is 3.99. The summed E-state index contributed by atoms with van der Waals surface area (Å²) in [4.78, 5) is 4.54. The lowest BCUT2D eigenvalue weighted by molar-refractivity contribution is 0.309. The minimum atomic E-state index is 0.763. The molecule has 0 radical (unpaired) electrons. The summed E-state index contributed by atoms with van der Waals surface area (Å²) in [6.45, 7) is 2.92. The van der Waals surface area contributed by atoms with E-state index >= 15 is 0 Å². The zero-order valence-electron chi connectivity index (χ0n) is 14.2. The number of thiazole rings is 1. The molecule has 0 atom stereocenters. The Morgan fingerprint density at radius 3 is 2.68 bits per heavy atom. The predicted molar refractivity (Wildman–Crippen MR) is 106 cm³/mol. The molecule has 0 saturated carbocycles. The number of hydrogen-bond acceptors (Lipinski definition) is 5. The quantitative estimate of drug-likeness (QED) is 0.334. The van der Waals surface area contributed by atoms with Gasteiger partial charge in [0, 0.05) is 10.9 Å². The fourth-order valence-electron chi connectivity index (χ4n) is 2.21. The van der Waals surface area contributed by atoms with Crippen molar-refractivity contribution in [3.63, 3.8) is 0 Å². The maximum absolute atomic E-state index is 5.65. The van der Waals surface area contributed by atoms with Gasteiger partial charge in [-0.05, 0) is 36.2 Å². The molecule has 1 heterocycles. The summed E-state index contributed by atoms with van der Waals surface area (Å²) >= 11 is 1.54. The number of hydrazone groups is 1. The van der Waals surface area contributed by atoms with Crippen molar-refractivity contribution in [3.05, 3.63) is 65.5 Å². The van der Waals surface area contributed by atoms with Crippen molar-refractivity contribution < 1.29 is 4.74 Å². The lowest BCUT2D eigenvalue weighted by Crippen LogP contribution is -1.96. The fraction of sp³-hybridized carbons (Fsp3) is 0.200. The molecule has 2 aromatic carbocycles. The van der Waals surface area contributed by atoms with Gasteiger partial charge in [0.05, 0.1) is 18.5 Å². The fourth-order valence-corrected chi connectivity index (χ4v) is 2.88. The lowest BCUT2D eigenvalue weighted by Gasteiger charge is -2.04. The number of ether oxygens (including phenoxy) is 1. The molecule has 3 rings (SSSR count). The van der Waals surface area contributed by atoms with Crippen molar-refractivity contribution in [2.45, 2.75) is 19.8 Å². The molecule has 1 aromatic heterocycles. The van der Waals surface area contributed by atoms with Gasteiger partial charge in [0.25, 0.3) is 0 Å². The molecule has 25 heavy (non-hydrogen) atoms. The molecular formula is C20H21N3OS. The Labute approximate surface area is 152 Å². The number of anilines is 1. The van der Waals surface area contributed by atoms with Crippen molar-refractivity contribution in [1.29, 1.82) is 0 Å². The highest BCUT2D eigenvalue weighted by atomic mass is 32.1. The van der Waals surface area contributed by atoms with Crippen LogP contribution in [0.15, 0.2) is 65.1 Å². The number of nitrogens with zero attached hydrogens (tertiary/aromatic N) is 2. The molecule has 0 spiro atoms. The molecule has 1 N–H and O–H groups in total. The van der Waals surface area contributed by atoms with Gasteiger partial charge in [-0.3, -0.25) is 5.43 Å². The lowest BCUT2D eigenvalue weighted by atomic mass is 10.2. The minimum Gasteiger partial charge on any atom is -0.494 e. The first-order chi connectivity index (χ1) is 12.3. The Morgan fingerprint density at radius 2 is 1.92 bits per heavy atom. The molecule has 128 valence electrons. The third-order valence-corrected chi connectivity index (χ3v) is 4.34. The first-order valence-electron chi connectivity index (χ1n) is 8.38. The average molecular weight is 351 g/mol. The van der Waals surface area contributed by atoms with Crippen LogP contribution in [0.5, 0.6) is 5.75 Å². The van der Waals surface area contributed by atoms with Crippen molar-refractivity contribution in [3.8, 4) is 17.0 Å². The van der Waals surface area contributed by atoms with Crippen molar-refractivity contribution >= 4 is 22.7 Å². The molecule has 0 unspecified atom stereocenters. The zero-order chi connectivity index (χ0) is 17.3. The van der Waals surface area contributed by atoms with E-state index in [0.29, 0.717) is 0 Å². The van der Waals surface area contributed by atoms with E-state index in [4.69, 9.17) is 4.74 Å². The first-order valence-corrected chi connectivity index (χ1v) is 9.26. The molecule has 0 amide bonds. The van der Waals surface area contributed by atoms with E-state index in [-0.39, 0.29) is 0 Å². The van der Waals surface area contributed by atoms with Crippen LogP contribution >= 0.6 is 11.3 Å². The summed E-state index contributed by atoms with van der Waals surface area (Å²) in [5.74, 6) is 0.894. The summed E-state index contributed by atoms with van der Waals surface area (Å²) in [7, 11) is 0. The number of benzene rings is 2. The Bertz CT molecular complexity index is 797. The van der Waals surface area contributed by atoms with E-state index in [1.807, 2.05) is 60.0 Å². The minimum absolute atomic E-state index is 0.763.